The summed E-state index contributed by atoms with van der Waals surface area (Å²) in [5.41, 5.74) is 1.19. The van der Waals surface area contributed by atoms with Crippen LogP contribution >= 0.6 is 0 Å². The van der Waals surface area contributed by atoms with E-state index >= 15 is 0 Å². The van der Waals surface area contributed by atoms with E-state index in [0.29, 0.717) is 16.5 Å². The van der Waals surface area contributed by atoms with Crippen molar-refractivity contribution in [2.45, 2.75) is 12.8 Å². The van der Waals surface area contributed by atoms with Crippen LogP contribution in [0, 0.1) is 5.82 Å². The fourth-order valence-electron chi connectivity index (χ4n) is 1.89. The zero-order valence-corrected chi connectivity index (χ0v) is 10.1. The number of aromatic amines is 1. The Morgan fingerprint density at radius 1 is 1.37 bits per heavy atom. The summed E-state index contributed by atoms with van der Waals surface area (Å²) in [4.78, 5) is 24.8. The van der Waals surface area contributed by atoms with E-state index in [1.807, 2.05) is 0 Å². The van der Waals surface area contributed by atoms with Crippen LogP contribution in [0.1, 0.15) is 12.0 Å². The lowest BCUT2D eigenvalue weighted by atomic mass is 10.1. The van der Waals surface area contributed by atoms with Gasteiger partial charge in [-0.05, 0) is 17.7 Å². The summed E-state index contributed by atoms with van der Waals surface area (Å²) in [5.74, 6) is -1.68. The summed E-state index contributed by atoms with van der Waals surface area (Å²) in [6, 6.07) is 4.65. The van der Waals surface area contributed by atoms with Crippen molar-refractivity contribution >= 4 is 22.8 Å². The first kappa shape index (κ1) is 13.1. The topological polar surface area (TPSA) is 82.2 Å². The normalized spacial score (nSPS) is 10.6. The van der Waals surface area contributed by atoms with Gasteiger partial charge in [-0.15, -0.1) is 0 Å². The van der Waals surface area contributed by atoms with E-state index < -0.39 is 5.97 Å². The predicted octanol–water partition coefficient (Wildman–Crippen LogP) is 1.44. The number of H-pyrrole nitrogens is 1. The largest absolute Gasteiger partial charge is 0.481 e. The molecule has 0 unspecified atom stereocenters. The van der Waals surface area contributed by atoms with Gasteiger partial charge in [0.05, 0.1) is 12.8 Å². The molecule has 1 aromatic heterocycles. The number of carbonyl (C=O) groups excluding carboxylic acids is 1. The molecule has 0 aliphatic carbocycles. The van der Waals surface area contributed by atoms with Gasteiger partial charge in [-0.3, -0.25) is 9.59 Å². The summed E-state index contributed by atoms with van der Waals surface area (Å²) in [6.45, 7) is 0.0685. The smallest absolute Gasteiger partial charge is 0.305 e. The second-order valence-electron chi connectivity index (χ2n) is 4.15. The second-order valence-corrected chi connectivity index (χ2v) is 4.15. The average molecular weight is 264 g/mol. The zero-order valence-electron chi connectivity index (χ0n) is 10.1. The maximum absolute atomic E-state index is 13.7. The van der Waals surface area contributed by atoms with Gasteiger partial charge in [-0.2, -0.15) is 0 Å². The first-order chi connectivity index (χ1) is 9.08. The van der Waals surface area contributed by atoms with Crippen LogP contribution in [-0.2, 0) is 16.0 Å². The molecular weight excluding hydrogens is 251 g/mol. The van der Waals surface area contributed by atoms with Gasteiger partial charge < -0.3 is 15.4 Å². The molecule has 1 aromatic carbocycles. The fraction of sp³-hybridized carbons (Fsp3) is 0.231. The highest BCUT2D eigenvalue weighted by atomic mass is 19.1. The van der Waals surface area contributed by atoms with Gasteiger partial charge in [0, 0.05) is 23.6 Å². The highest BCUT2D eigenvalue weighted by molar-refractivity contribution is 5.89. The number of aromatic nitrogens is 1. The van der Waals surface area contributed by atoms with Gasteiger partial charge in [0.2, 0.25) is 5.91 Å². The van der Waals surface area contributed by atoms with Crippen molar-refractivity contribution in [3.63, 3.8) is 0 Å². The van der Waals surface area contributed by atoms with E-state index in [1.165, 1.54) is 6.07 Å². The molecule has 0 saturated heterocycles. The number of carboxylic acid groups (broad SMARTS) is 1. The van der Waals surface area contributed by atoms with Crippen LogP contribution in [0.15, 0.2) is 24.4 Å². The molecule has 1 amide bonds. The van der Waals surface area contributed by atoms with E-state index in [4.69, 9.17) is 5.11 Å². The van der Waals surface area contributed by atoms with Gasteiger partial charge in [0.1, 0.15) is 5.82 Å². The lowest BCUT2D eigenvalue weighted by Gasteiger charge is -2.03. The summed E-state index contributed by atoms with van der Waals surface area (Å²) in [5, 5.41) is 11.3. The van der Waals surface area contributed by atoms with Crippen LogP contribution in [0.25, 0.3) is 10.9 Å². The highest BCUT2D eigenvalue weighted by Gasteiger charge is 2.12. The minimum absolute atomic E-state index is 0.0144. The Hall–Kier alpha value is -2.37. The molecule has 2 rings (SSSR count). The van der Waals surface area contributed by atoms with E-state index in [2.05, 4.69) is 10.3 Å². The number of amides is 1. The number of fused-ring (bicyclic) bond motifs is 1. The van der Waals surface area contributed by atoms with Gasteiger partial charge in [0.15, 0.2) is 0 Å². The second kappa shape index (κ2) is 5.51. The van der Waals surface area contributed by atoms with Crippen LogP contribution in [0.4, 0.5) is 4.39 Å². The van der Waals surface area contributed by atoms with E-state index in [-0.39, 0.29) is 31.1 Å². The van der Waals surface area contributed by atoms with Crippen LogP contribution in [0.5, 0.6) is 0 Å². The number of halogens is 1. The Kier molecular flexibility index (Phi) is 3.79. The molecule has 0 radical (unpaired) electrons. The molecule has 0 aliphatic heterocycles. The lowest BCUT2D eigenvalue weighted by molar-refractivity contribution is -0.136. The molecule has 3 N–H and O–H groups in total. The van der Waals surface area contributed by atoms with E-state index in [9.17, 15) is 14.0 Å². The number of benzene rings is 1. The summed E-state index contributed by atoms with van der Waals surface area (Å²) in [6.07, 6.45) is 1.47. The minimum Gasteiger partial charge on any atom is -0.481 e. The zero-order chi connectivity index (χ0) is 13.8. The van der Waals surface area contributed by atoms with Crippen molar-refractivity contribution in [2.24, 2.45) is 0 Å². The van der Waals surface area contributed by atoms with Crippen LogP contribution in [-0.4, -0.2) is 28.5 Å². The van der Waals surface area contributed by atoms with Gasteiger partial charge >= 0.3 is 5.97 Å². The van der Waals surface area contributed by atoms with Gasteiger partial charge in [0.25, 0.3) is 0 Å². The van der Waals surface area contributed by atoms with Crippen LogP contribution < -0.4 is 5.32 Å². The molecule has 6 heteroatoms. The molecule has 2 aromatic rings. The standard InChI is InChI=1S/C13H13FN2O3/c14-9-2-1-3-10-13(9)8(7-16-10)6-11(17)15-5-4-12(18)19/h1-3,7,16H,4-6H2,(H,15,17)(H,18,19). The molecule has 0 aliphatic rings. The third-order valence-corrected chi connectivity index (χ3v) is 2.75. The molecule has 0 bridgehead atoms. The lowest BCUT2D eigenvalue weighted by Crippen LogP contribution is -2.27. The number of carbonyl (C=O) groups is 2. The highest BCUT2D eigenvalue weighted by Crippen LogP contribution is 2.21. The number of rotatable bonds is 5. The molecule has 0 fully saturated rings. The van der Waals surface area contributed by atoms with Gasteiger partial charge in [-0.1, -0.05) is 6.07 Å². The summed E-state index contributed by atoms with van der Waals surface area (Å²) >= 11 is 0. The molecular formula is C13H13FN2O3. The van der Waals surface area contributed by atoms with Crippen molar-refractivity contribution in [3.8, 4) is 0 Å². The van der Waals surface area contributed by atoms with Crippen molar-refractivity contribution < 1.29 is 19.1 Å². The Bertz CT molecular complexity index is 621. The van der Waals surface area contributed by atoms with E-state index in [0.717, 1.165) is 0 Å². The van der Waals surface area contributed by atoms with Crippen molar-refractivity contribution in [2.75, 3.05) is 6.54 Å². The Morgan fingerprint density at radius 2 is 2.16 bits per heavy atom. The SMILES string of the molecule is O=C(O)CCNC(=O)Cc1c[nH]c2cccc(F)c12. The third kappa shape index (κ3) is 3.09. The molecule has 5 nitrogen and oxygen atoms in total. The molecule has 19 heavy (non-hydrogen) atoms. The van der Waals surface area contributed by atoms with Crippen molar-refractivity contribution in [1.82, 2.24) is 10.3 Å². The van der Waals surface area contributed by atoms with Gasteiger partial charge in [-0.25, -0.2) is 4.39 Å². The first-order valence-corrected chi connectivity index (χ1v) is 5.81. The molecule has 1 heterocycles. The number of nitrogens with one attached hydrogen (secondary N) is 2. The third-order valence-electron chi connectivity index (χ3n) is 2.75. The van der Waals surface area contributed by atoms with E-state index in [1.54, 1.807) is 18.3 Å². The average Bonchev–Trinajstić information content (AvgIpc) is 2.73. The molecule has 0 atom stereocenters. The monoisotopic (exact) mass is 264 g/mol. The molecule has 0 saturated carbocycles. The molecule has 0 spiro atoms. The Balaban J connectivity index is 2.05. The van der Waals surface area contributed by atoms with Crippen molar-refractivity contribution in [3.05, 3.63) is 35.8 Å². The number of carboxylic acids is 1. The maximum Gasteiger partial charge on any atom is 0.305 e. The predicted molar refractivity (Wildman–Crippen MR) is 67.2 cm³/mol. The van der Waals surface area contributed by atoms with Crippen LogP contribution in [0.3, 0.4) is 0 Å². The molecule has 100 valence electrons. The quantitative estimate of drug-likeness (QED) is 0.764. The number of hydrogen-bond acceptors (Lipinski definition) is 2. The van der Waals surface area contributed by atoms with Crippen LogP contribution in [0.2, 0.25) is 0 Å². The maximum atomic E-state index is 13.7. The minimum atomic E-state index is -0.974. The van der Waals surface area contributed by atoms with Crippen molar-refractivity contribution in [1.29, 1.82) is 0 Å². The number of hydrogen-bond donors (Lipinski definition) is 3. The summed E-state index contributed by atoms with van der Waals surface area (Å²) in [7, 11) is 0. The first-order valence-electron chi connectivity index (χ1n) is 5.81. The Morgan fingerprint density at radius 3 is 2.89 bits per heavy atom. The fourth-order valence-corrected chi connectivity index (χ4v) is 1.89. The Labute approximate surface area is 108 Å². The number of aliphatic carboxylic acids is 1. The summed E-state index contributed by atoms with van der Waals surface area (Å²) < 4.78 is 13.7.